The first-order chi connectivity index (χ1) is 8.40. The van der Waals surface area contributed by atoms with E-state index in [9.17, 15) is 9.59 Å². The smallest absolute Gasteiger partial charge is 0.335 e. The molecule has 0 fully saturated rings. The number of benzene rings is 1. The molecule has 0 aromatic heterocycles. The van der Waals surface area contributed by atoms with E-state index in [0.717, 1.165) is 11.1 Å². The van der Waals surface area contributed by atoms with Gasteiger partial charge in [-0.25, -0.2) is 4.79 Å². The summed E-state index contributed by atoms with van der Waals surface area (Å²) >= 11 is 0. The summed E-state index contributed by atoms with van der Waals surface area (Å²) in [6.45, 7) is 4.20. The second-order valence-electron chi connectivity index (χ2n) is 4.42. The average molecular weight is 247 g/mol. The van der Waals surface area contributed by atoms with Gasteiger partial charge in [-0.05, 0) is 31.5 Å². The van der Waals surface area contributed by atoms with Crippen molar-refractivity contribution >= 4 is 11.9 Å². The van der Waals surface area contributed by atoms with Gasteiger partial charge in [0.05, 0.1) is 5.56 Å². The fraction of sp³-hybridized carbons (Fsp3) is 0.286. The van der Waals surface area contributed by atoms with Crippen molar-refractivity contribution in [2.24, 2.45) is 0 Å². The fourth-order valence-electron chi connectivity index (χ4n) is 1.46. The Labute approximate surface area is 107 Å². The first-order valence-corrected chi connectivity index (χ1v) is 5.62. The number of hydrogen-bond acceptors (Lipinski definition) is 2. The molecule has 1 aromatic rings. The number of likely N-dealkylation sites (N-methyl/N-ethyl adjacent to an activating group) is 1. The van der Waals surface area contributed by atoms with Gasteiger partial charge in [-0.15, -0.1) is 0 Å². The molecule has 0 radical (unpaired) electrons. The number of carboxylic acid groups (broad SMARTS) is 1. The molecule has 96 valence electrons. The van der Waals surface area contributed by atoms with Crippen LogP contribution in [0.4, 0.5) is 0 Å². The summed E-state index contributed by atoms with van der Waals surface area (Å²) in [5.41, 5.74) is 2.10. The molecule has 1 aromatic carbocycles. The number of aromatic carboxylic acids is 1. The summed E-state index contributed by atoms with van der Waals surface area (Å²) in [5.74, 6) is -1.01. The van der Waals surface area contributed by atoms with Crippen molar-refractivity contribution < 1.29 is 14.7 Å². The Bertz CT molecular complexity index is 470. The molecular weight excluding hydrogens is 230 g/mol. The Morgan fingerprint density at radius 2 is 1.78 bits per heavy atom. The van der Waals surface area contributed by atoms with Crippen LogP contribution in [0.25, 0.3) is 0 Å². The van der Waals surface area contributed by atoms with Gasteiger partial charge >= 0.3 is 5.97 Å². The SMILES string of the molecule is CC(C)=CC(=O)N(C)Cc1ccc(C(=O)O)cc1. The van der Waals surface area contributed by atoms with Gasteiger partial charge in [0.15, 0.2) is 0 Å². The van der Waals surface area contributed by atoms with Crippen LogP contribution in [-0.2, 0) is 11.3 Å². The highest BCUT2D eigenvalue weighted by atomic mass is 16.4. The first kappa shape index (κ1) is 14.0. The van der Waals surface area contributed by atoms with Gasteiger partial charge < -0.3 is 10.0 Å². The van der Waals surface area contributed by atoms with Crippen molar-refractivity contribution in [1.82, 2.24) is 4.90 Å². The monoisotopic (exact) mass is 247 g/mol. The summed E-state index contributed by atoms with van der Waals surface area (Å²) in [6.07, 6.45) is 1.58. The van der Waals surface area contributed by atoms with E-state index in [-0.39, 0.29) is 11.5 Å². The van der Waals surface area contributed by atoms with E-state index in [1.807, 2.05) is 13.8 Å². The van der Waals surface area contributed by atoms with Crippen molar-refractivity contribution in [3.63, 3.8) is 0 Å². The van der Waals surface area contributed by atoms with E-state index in [0.29, 0.717) is 6.54 Å². The topological polar surface area (TPSA) is 57.6 Å². The minimum absolute atomic E-state index is 0.0580. The van der Waals surface area contributed by atoms with Gasteiger partial charge in [0.1, 0.15) is 0 Å². The van der Waals surface area contributed by atoms with Gasteiger partial charge in [0.25, 0.3) is 0 Å². The van der Waals surface area contributed by atoms with Gasteiger partial charge in [-0.2, -0.15) is 0 Å². The summed E-state index contributed by atoms with van der Waals surface area (Å²) in [7, 11) is 1.72. The number of carbonyl (C=O) groups excluding carboxylic acids is 1. The second kappa shape index (κ2) is 6.00. The van der Waals surface area contributed by atoms with Crippen molar-refractivity contribution in [3.8, 4) is 0 Å². The molecule has 0 saturated heterocycles. The predicted molar refractivity (Wildman–Crippen MR) is 69.3 cm³/mol. The molecule has 0 aliphatic carbocycles. The summed E-state index contributed by atoms with van der Waals surface area (Å²) in [4.78, 5) is 24.0. The lowest BCUT2D eigenvalue weighted by Gasteiger charge is -2.15. The minimum atomic E-state index is -0.949. The number of hydrogen-bond donors (Lipinski definition) is 1. The molecule has 0 aliphatic heterocycles. The van der Waals surface area contributed by atoms with E-state index < -0.39 is 5.97 Å². The highest BCUT2D eigenvalue weighted by Gasteiger charge is 2.07. The minimum Gasteiger partial charge on any atom is -0.478 e. The maximum absolute atomic E-state index is 11.7. The summed E-state index contributed by atoms with van der Waals surface area (Å²) in [5, 5.41) is 8.77. The van der Waals surface area contributed by atoms with Gasteiger partial charge in [0.2, 0.25) is 5.91 Å². The van der Waals surface area contributed by atoms with Crippen molar-refractivity contribution in [2.75, 3.05) is 7.05 Å². The van der Waals surface area contributed by atoms with Crippen LogP contribution in [0.3, 0.4) is 0 Å². The Balaban J connectivity index is 2.70. The molecule has 0 unspecified atom stereocenters. The zero-order chi connectivity index (χ0) is 13.7. The molecular formula is C14H17NO3. The van der Waals surface area contributed by atoms with Crippen LogP contribution in [-0.4, -0.2) is 28.9 Å². The number of carbonyl (C=O) groups is 2. The quantitative estimate of drug-likeness (QED) is 0.831. The molecule has 18 heavy (non-hydrogen) atoms. The number of carboxylic acids is 1. The zero-order valence-corrected chi connectivity index (χ0v) is 10.8. The zero-order valence-electron chi connectivity index (χ0n) is 10.8. The second-order valence-corrected chi connectivity index (χ2v) is 4.42. The van der Waals surface area contributed by atoms with E-state index in [4.69, 9.17) is 5.11 Å². The normalized spacial score (nSPS) is 9.72. The summed E-state index contributed by atoms with van der Waals surface area (Å²) in [6, 6.07) is 6.51. The molecule has 0 spiro atoms. The highest BCUT2D eigenvalue weighted by Crippen LogP contribution is 2.07. The first-order valence-electron chi connectivity index (χ1n) is 5.62. The Morgan fingerprint density at radius 3 is 2.22 bits per heavy atom. The van der Waals surface area contributed by atoms with Crippen LogP contribution in [0.5, 0.6) is 0 Å². The van der Waals surface area contributed by atoms with Gasteiger partial charge in [-0.3, -0.25) is 4.79 Å². The number of rotatable bonds is 4. The van der Waals surface area contributed by atoms with E-state index in [2.05, 4.69) is 0 Å². The lowest BCUT2D eigenvalue weighted by atomic mass is 10.1. The standard InChI is InChI=1S/C14H17NO3/c1-10(2)8-13(16)15(3)9-11-4-6-12(7-5-11)14(17)18/h4-8H,9H2,1-3H3,(H,17,18). The van der Waals surface area contributed by atoms with Gasteiger partial charge in [0, 0.05) is 19.7 Å². The van der Waals surface area contributed by atoms with Crippen LogP contribution in [0.1, 0.15) is 29.8 Å². The highest BCUT2D eigenvalue weighted by molar-refractivity contribution is 5.88. The number of amides is 1. The largest absolute Gasteiger partial charge is 0.478 e. The van der Waals surface area contributed by atoms with Crippen LogP contribution in [0.15, 0.2) is 35.9 Å². The van der Waals surface area contributed by atoms with Crippen LogP contribution in [0.2, 0.25) is 0 Å². The van der Waals surface area contributed by atoms with Crippen molar-refractivity contribution in [1.29, 1.82) is 0 Å². The van der Waals surface area contributed by atoms with Crippen molar-refractivity contribution in [2.45, 2.75) is 20.4 Å². The molecule has 4 heteroatoms. The Kier molecular flexibility index (Phi) is 4.66. The lowest BCUT2D eigenvalue weighted by Crippen LogP contribution is -2.24. The van der Waals surface area contributed by atoms with E-state index in [1.165, 1.54) is 12.1 Å². The molecule has 1 N–H and O–H groups in total. The Morgan fingerprint density at radius 1 is 1.22 bits per heavy atom. The fourth-order valence-corrected chi connectivity index (χ4v) is 1.46. The maximum Gasteiger partial charge on any atom is 0.335 e. The average Bonchev–Trinajstić information content (AvgIpc) is 2.28. The third-order valence-electron chi connectivity index (χ3n) is 2.41. The summed E-state index contributed by atoms with van der Waals surface area (Å²) < 4.78 is 0. The molecule has 4 nitrogen and oxygen atoms in total. The van der Waals surface area contributed by atoms with Crippen LogP contribution >= 0.6 is 0 Å². The molecule has 0 atom stereocenters. The Hall–Kier alpha value is -2.10. The third kappa shape index (κ3) is 4.05. The molecule has 0 saturated carbocycles. The predicted octanol–water partition coefficient (Wildman–Crippen LogP) is 2.31. The molecule has 0 bridgehead atoms. The maximum atomic E-state index is 11.7. The molecule has 0 heterocycles. The number of nitrogens with zero attached hydrogens (tertiary/aromatic N) is 1. The van der Waals surface area contributed by atoms with Crippen LogP contribution in [0, 0.1) is 0 Å². The molecule has 1 rings (SSSR count). The number of allylic oxidation sites excluding steroid dienone is 1. The molecule has 0 aliphatic rings. The lowest BCUT2D eigenvalue weighted by molar-refractivity contribution is -0.125. The van der Waals surface area contributed by atoms with Crippen molar-refractivity contribution in [3.05, 3.63) is 47.0 Å². The van der Waals surface area contributed by atoms with E-state index in [1.54, 1.807) is 30.2 Å². The van der Waals surface area contributed by atoms with Crippen LogP contribution < -0.4 is 0 Å². The molecule has 1 amide bonds. The van der Waals surface area contributed by atoms with E-state index >= 15 is 0 Å². The third-order valence-corrected chi connectivity index (χ3v) is 2.41. The van der Waals surface area contributed by atoms with Gasteiger partial charge in [-0.1, -0.05) is 17.7 Å².